The lowest BCUT2D eigenvalue weighted by atomic mass is 10.3. The van der Waals surface area contributed by atoms with Crippen molar-refractivity contribution in [3.8, 4) is 5.75 Å². The van der Waals surface area contributed by atoms with Crippen LogP contribution in [0.3, 0.4) is 0 Å². The Labute approximate surface area is 100 Å². The first-order valence-corrected chi connectivity index (χ1v) is 5.80. The number of rotatable bonds is 4. The van der Waals surface area contributed by atoms with Gasteiger partial charge in [0.15, 0.2) is 0 Å². The molecule has 0 aromatic heterocycles. The zero-order valence-electron chi connectivity index (χ0n) is 9.81. The molecule has 1 aliphatic rings. The third-order valence-corrected chi connectivity index (χ3v) is 2.67. The van der Waals surface area contributed by atoms with Gasteiger partial charge in [-0.1, -0.05) is 6.92 Å². The zero-order valence-corrected chi connectivity index (χ0v) is 9.81. The Hall–Kier alpha value is -1.84. The molecule has 17 heavy (non-hydrogen) atoms. The number of benzene rings is 1. The van der Waals surface area contributed by atoms with Crippen molar-refractivity contribution in [1.29, 1.82) is 0 Å². The highest BCUT2D eigenvalue weighted by Crippen LogP contribution is 2.22. The summed E-state index contributed by atoms with van der Waals surface area (Å²) in [6, 6.07) is 7.26. The molecule has 0 aliphatic carbocycles. The molecule has 1 aliphatic heterocycles. The summed E-state index contributed by atoms with van der Waals surface area (Å²) in [7, 11) is 0. The number of nitrogens with zero attached hydrogens (tertiary/aromatic N) is 1. The molecule has 0 saturated carbocycles. The Bertz CT molecular complexity index is 425. The average molecular weight is 233 g/mol. The predicted molar refractivity (Wildman–Crippen MR) is 64.2 cm³/mol. The zero-order chi connectivity index (χ0) is 12.3. The molecule has 0 radical (unpaired) electrons. The van der Waals surface area contributed by atoms with E-state index in [-0.39, 0.29) is 5.78 Å². The highest BCUT2D eigenvalue weighted by Gasteiger charge is 2.30. The minimum absolute atomic E-state index is 0.309. The molecule has 1 aromatic rings. The van der Waals surface area contributed by atoms with Gasteiger partial charge < -0.3 is 9.64 Å². The van der Waals surface area contributed by atoms with Gasteiger partial charge in [0.2, 0.25) is 5.78 Å². The summed E-state index contributed by atoms with van der Waals surface area (Å²) in [6.45, 7) is 3.20. The quantitative estimate of drug-likeness (QED) is 0.745. The minimum Gasteiger partial charge on any atom is -0.494 e. The van der Waals surface area contributed by atoms with Crippen molar-refractivity contribution in [2.45, 2.75) is 19.8 Å². The minimum atomic E-state index is -0.410. The topological polar surface area (TPSA) is 46.6 Å². The van der Waals surface area contributed by atoms with E-state index >= 15 is 0 Å². The fourth-order valence-electron chi connectivity index (χ4n) is 1.76. The first-order valence-electron chi connectivity index (χ1n) is 5.80. The van der Waals surface area contributed by atoms with E-state index in [1.165, 1.54) is 4.90 Å². The number of Topliss-reactive ketones (excluding diaryl/α,β-unsaturated/α-hetero) is 1. The van der Waals surface area contributed by atoms with Crippen LogP contribution in [-0.2, 0) is 9.59 Å². The molecular formula is C13H15NO3. The van der Waals surface area contributed by atoms with Gasteiger partial charge in [0.1, 0.15) is 5.75 Å². The Kier molecular flexibility index (Phi) is 3.42. The SMILES string of the molecule is CCCOc1ccc(N2CCC(=O)C2=O)cc1. The molecular weight excluding hydrogens is 218 g/mol. The maximum absolute atomic E-state index is 11.5. The monoisotopic (exact) mass is 233 g/mol. The maximum Gasteiger partial charge on any atom is 0.294 e. The van der Waals surface area contributed by atoms with E-state index in [1.807, 2.05) is 31.2 Å². The van der Waals surface area contributed by atoms with Gasteiger partial charge >= 0.3 is 0 Å². The molecule has 0 bridgehead atoms. The first kappa shape index (κ1) is 11.6. The van der Waals surface area contributed by atoms with Crippen LogP contribution in [0.5, 0.6) is 5.75 Å². The second-order valence-corrected chi connectivity index (χ2v) is 3.97. The van der Waals surface area contributed by atoms with E-state index in [0.29, 0.717) is 19.6 Å². The van der Waals surface area contributed by atoms with Gasteiger partial charge in [0.25, 0.3) is 5.91 Å². The van der Waals surface area contributed by atoms with Gasteiger partial charge in [0, 0.05) is 18.7 Å². The number of carbonyl (C=O) groups excluding carboxylic acids is 2. The number of ketones is 1. The van der Waals surface area contributed by atoms with Crippen LogP contribution in [0.4, 0.5) is 5.69 Å². The molecule has 1 heterocycles. The molecule has 1 aromatic carbocycles. The number of ether oxygens (including phenoxy) is 1. The van der Waals surface area contributed by atoms with Gasteiger partial charge in [0.05, 0.1) is 6.61 Å². The van der Waals surface area contributed by atoms with Gasteiger partial charge in [-0.05, 0) is 30.7 Å². The van der Waals surface area contributed by atoms with Gasteiger partial charge in [-0.3, -0.25) is 9.59 Å². The molecule has 1 saturated heterocycles. The van der Waals surface area contributed by atoms with Crippen LogP contribution >= 0.6 is 0 Å². The summed E-state index contributed by atoms with van der Waals surface area (Å²) in [5.41, 5.74) is 0.754. The van der Waals surface area contributed by atoms with Gasteiger partial charge in [-0.2, -0.15) is 0 Å². The van der Waals surface area contributed by atoms with E-state index in [2.05, 4.69) is 0 Å². The van der Waals surface area contributed by atoms with Crippen molar-refractivity contribution in [3.05, 3.63) is 24.3 Å². The molecule has 0 spiro atoms. The predicted octanol–water partition coefficient (Wildman–Crippen LogP) is 1.78. The molecule has 1 amide bonds. The third kappa shape index (κ3) is 2.46. The molecule has 0 unspecified atom stereocenters. The van der Waals surface area contributed by atoms with Crippen LogP contribution < -0.4 is 9.64 Å². The smallest absolute Gasteiger partial charge is 0.294 e. The molecule has 90 valence electrons. The standard InChI is InChI=1S/C13H15NO3/c1-2-9-17-11-5-3-10(4-6-11)14-8-7-12(15)13(14)16/h3-6H,2,7-9H2,1H3. The summed E-state index contributed by atoms with van der Waals surface area (Å²) in [6.07, 6.45) is 1.27. The summed E-state index contributed by atoms with van der Waals surface area (Å²) in [5.74, 6) is 0.0668. The Morgan fingerprint density at radius 2 is 1.94 bits per heavy atom. The Balaban J connectivity index is 2.08. The lowest BCUT2D eigenvalue weighted by Crippen LogP contribution is -2.26. The van der Waals surface area contributed by atoms with E-state index in [0.717, 1.165) is 17.9 Å². The van der Waals surface area contributed by atoms with Gasteiger partial charge in [-0.25, -0.2) is 0 Å². The van der Waals surface area contributed by atoms with Crippen molar-refractivity contribution in [1.82, 2.24) is 0 Å². The summed E-state index contributed by atoms with van der Waals surface area (Å²) >= 11 is 0. The van der Waals surface area contributed by atoms with Crippen molar-refractivity contribution >= 4 is 17.4 Å². The number of carbonyl (C=O) groups is 2. The second-order valence-electron chi connectivity index (χ2n) is 3.97. The highest BCUT2D eigenvalue weighted by molar-refractivity contribution is 6.43. The molecule has 0 atom stereocenters. The van der Waals surface area contributed by atoms with Crippen LogP contribution in [0.1, 0.15) is 19.8 Å². The van der Waals surface area contributed by atoms with Crippen LogP contribution in [0.2, 0.25) is 0 Å². The maximum atomic E-state index is 11.5. The van der Waals surface area contributed by atoms with Crippen LogP contribution in [0.25, 0.3) is 0 Å². The molecule has 4 heteroatoms. The summed E-state index contributed by atoms with van der Waals surface area (Å²) < 4.78 is 5.45. The normalized spacial score (nSPS) is 15.5. The summed E-state index contributed by atoms with van der Waals surface area (Å²) in [4.78, 5) is 24.2. The van der Waals surface area contributed by atoms with E-state index in [1.54, 1.807) is 0 Å². The molecule has 4 nitrogen and oxygen atoms in total. The fourth-order valence-corrected chi connectivity index (χ4v) is 1.76. The molecule has 1 fully saturated rings. The van der Waals surface area contributed by atoms with E-state index in [4.69, 9.17) is 4.74 Å². The first-order chi connectivity index (χ1) is 8.22. The van der Waals surface area contributed by atoms with Crippen molar-refractivity contribution in [3.63, 3.8) is 0 Å². The lowest BCUT2D eigenvalue weighted by molar-refractivity contribution is -0.133. The number of amides is 1. The Morgan fingerprint density at radius 3 is 2.47 bits per heavy atom. The third-order valence-electron chi connectivity index (χ3n) is 2.67. The van der Waals surface area contributed by atoms with Crippen LogP contribution in [0, 0.1) is 0 Å². The largest absolute Gasteiger partial charge is 0.494 e. The average Bonchev–Trinajstić information content (AvgIpc) is 2.68. The van der Waals surface area contributed by atoms with Crippen LogP contribution in [-0.4, -0.2) is 24.8 Å². The summed E-state index contributed by atoms with van der Waals surface area (Å²) in [5, 5.41) is 0. The fraction of sp³-hybridized carbons (Fsp3) is 0.385. The highest BCUT2D eigenvalue weighted by atomic mass is 16.5. The number of hydrogen-bond acceptors (Lipinski definition) is 3. The van der Waals surface area contributed by atoms with Crippen LogP contribution in [0.15, 0.2) is 24.3 Å². The molecule has 2 rings (SSSR count). The van der Waals surface area contributed by atoms with E-state index < -0.39 is 5.91 Å². The van der Waals surface area contributed by atoms with Crippen molar-refractivity contribution in [2.75, 3.05) is 18.1 Å². The number of hydrogen-bond donors (Lipinski definition) is 0. The van der Waals surface area contributed by atoms with Gasteiger partial charge in [-0.15, -0.1) is 0 Å². The van der Waals surface area contributed by atoms with Crippen molar-refractivity contribution < 1.29 is 14.3 Å². The Morgan fingerprint density at radius 1 is 1.24 bits per heavy atom. The molecule has 0 N–H and O–H groups in total. The van der Waals surface area contributed by atoms with E-state index in [9.17, 15) is 9.59 Å². The lowest BCUT2D eigenvalue weighted by Gasteiger charge is -2.15. The number of anilines is 1. The van der Waals surface area contributed by atoms with Crippen molar-refractivity contribution in [2.24, 2.45) is 0 Å². The second kappa shape index (κ2) is 4.99.